The van der Waals surface area contributed by atoms with Gasteiger partial charge in [-0.2, -0.15) is 11.8 Å². The van der Waals surface area contributed by atoms with Gasteiger partial charge in [-0.05, 0) is 80.7 Å². The molecule has 2 aromatic carbocycles. The second-order valence-corrected chi connectivity index (χ2v) is 19.0. The third kappa shape index (κ3) is 20.0. The number of aromatic hydroxyl groups is 1. The number of phenols is 1. The van der Waals surface area contributed by atoms with Crippen LogP contribution in [0.25, 0.3) is 0 Å². The zero-order valence-corrected chi connectivity index (χ0v) is 42.4. The molecule has 0 unspecified atom stereocenters. The monoisotopic (exact) mass is 1040 g/mol. The number of nitrogens with zero attached hydrogens (tertiary/aromatic N) is 1. The number of rotatable bonds is 29. The van der Waals surface area contributed by atoms with Crippen LogP contribution in [0.3, 0.4) is 0 Å². The van der Waals surface area contributed by atoms with Crippen molar-refractivity contribution in [1.29, 1.82) is 0 Å². The Kier molecular flexibility index (Phi) is 25.1. The largest absolute Gasteiger partial charge is 0.508 e. The molecule has 1 aliphatic heterocycles. The van der Waals surface area contributed by atoms with Gasteiger partial charge in [0.15, 0.2) is 0 Å². The van der Waals surface area contributed by atoms with Gasteiger partial charge in [-0.1, -0.05) is 56.3 Å². The van der Waals surface area contributed by atoms with Gasteiger partial charge in [0.05, 0.1) is 25.8 Å². The average molecular weight is 1040 g/mol. The highest BCUT2D eigenvalue weighted by atomic mass is 32.2. The Bertz CT molecular complexity index is 2220. The minimum atomic E-state index is -1.68. The normalized spacial score (nSPS) is 16.5. The lowest BCUT2D eigenvalue weighted by Crippen LogP contribution is -2.61. The van der Waals surface area contributed by atoms with Gasteiger partial charge in [-0.3, -0.25) is 43.2 Å². The van der Waals surface area contributed by atoms with Crippen LogP contribution < -0.4 is 48.3 Å². The smallest absolute Gasteiger partial charge is 0.326 e. The number of aliphatic hydroxyl groups is 2. The molecule has 1 fully saturated rings. The number of carboxylic acid groups (broad SMARTS) is 1. The van der Waals surface area contributed by atoms with Crippen LogP contribution in [-0.2, 0) is 60.8 Å². The van der Waals surface area contributed by atoms with Crippen molar-refractivity contribution in [3.63, 3.8) is 0 Å². The highest BCUT2D eigenvalue weighted by Crippen LogP contribution is 2.19. The number of nitrogens with two attached hydrogens (primary N) is 1. The number of hydrogen-bond acceptors (Lipinski definition) is 15. The molecule has 1 saturated heterocycles. The zero-order chi connectivity index (χ0) is 54.4. The Balaban J connectivity index is 1.80. The molecule has 0 aromatic heterocycles. The number of likely N-dealkylation sites (tertiary alicyclic amines) is 1. The summed E-state index contributed by atoms with van der Waals surface area (Å²) in [7, 11) is 0. The van der Waals surface area contributed by atoms with Gasteiger partial charge in [-0.15, -0.1) is 0 Å². The molecule has 0 radical (unpaired) electrons. The first kappa shape index (κ1) is 60.5. The molecule has 0 bridgehead atoms. The van der Waals surface area contributed by atoms with Gasteiger partial charge >= 0.3 is 5.97 Å². The van der Waals surface area contributed by atoms with Crippen LogP contribution in [0.2, 0.25) is 0 Å². The topological polar surface area (TPSA) is 377 Å². The van der Waals surface area contributed by atoms with E-state index >= 15 is 0 Å². The zero-order valence-electron chi connectivity index (χ0n) is 41.6. The molecule has 402 valence electrons. The Morgan fingerprint density at radius 1 is 0.644 bits per heavy atom. The van der Waals surface area contributed by atoms with E-state index in [9.17, 15) is 68.4 Å². The first-order chi connectivity index (χ1) is 34.6. The number of amides is 9. The molecule has 3 rings (SSSR count). The predicted molar refractivity (Wildman–Crippen MR) is 267 cm³/mol. The maximum absolute atomic E-state index is 14.3. The first-order valence-electron chi connectivity index (χ1n) is 23.8. The predicted octanol–water partition coefficient (Wildman–Crippen LogP) is -3.09. The minimum Gasteiger partial charge on any atom is -0.508 e. The number of benzene rings is 2. The average Bonchev–Trinajstić information content (AvgIpc) is 3.86. The van der Waals surface area contributed by atoms with Crippen molar-refractivity contribution in [3.8, 4) is 5.75 Å². The van der Waals surface area contributed by atoms with Crippen LogP contribution in [0.15, 0.2) is 54.6 Å². The molecule has 0 aliphatic carbocycles. The molecule has 24 nitrogen and oxygen atoms in total. The van der Waals surface area contributed by atoms with Crippen molar-refractivity contribution in [2.24, 2.45) is 11.7 Å². The molecule has 14 N–H and O–H groups in total. The van der Waals surface area contributed by atoms with Crippen molar-refractivity contribution in [1.82, 2.24) is 47.4 Å². The number of phenolic OH excluding ortho intramolecular Hbond substituents is 1. The fraction of sp³-hybridized carbons (Fsp3) is 0.542. The van der Waals surface area contributed by atoms with E-state index in [-0.39, 0.29) is 50.3 Å². The van der Waals surface area contributed by atoms with Crippen molar-refractivity contribution in [2.75, 3.05) is 38.3 Å². The second kappa shape index (κ2) is 30.3. The fourth-order valence-corrected chi connectivity index (χ4v) is 8.02. The molecule has 1 heterocycles. The van der Waals surface area contributed by atoms with E-state index in [1.165, 1.54) is 49.9 Å². The summed E-state index contributed by atoms with van der Waals surface area (Å²) < 4.78 is 0. The summed E-state index contributed by atoms with van der Waals surface area (Å²) in [5.41, 5.74) is 6.62. The van der Waals surface area contributed by atoms with E-state index in [1.54, 1.807) is 44.2 Å². The van der Waals surface area contributed by atoms with E-state index in [2.05, 4.69) is 42.5 Å². The number of aliphatic hydroxyl groups excluding tert-OH is 2. The van der Waals surface area contributed by atoms with E-state index in [4.69, 9.17) is 5.73 Å². The third-order valence-corrected chi connectivity index (χ3v) is 12.2. The summed E-state index contributed by atoms with van der Waals surface area (Å²) in [6, 6.07) is 2.41. The van der Waals surface area contributed by atoms with Crippen LogP contribution in [0.4, 0.5) is 0 Å². The van der Waals surface area contributed by atoms with E-state index in [0.29, 0.717) is 23.3 Å². The Hall–Kier alpha value is -6.83. The van der Waals surface area contributed by atoms with Crippen molar-refractivity contribution in [2.45, 2.75) is 121 Å². The summed E-state index contributed by atoms with van der Waals surface area (Å²) in [4.78, 5) is 133. The summed E-state index contributed by atoms with van der Waals surface area (Å²) >= 11 is 1.43. The molecule has 9 amide bonds. The lowest BCUT2D eigenvalue weighted by atomic mass is 10.00. The molecule has 73 heavy (non-hydrogen) atoms. The van der Waals surface area contributed by atoms with Crippen LogP contribution in [0.5, 0.6) is 5.75 Å². The highest BCUT2D eigenvalue weighted by Gasteiger charge is 2.39. The van der Waals surface area contributed by atoms with Crippen molar-refractivity contribution >= 4 is 70.9 Å². The molecular formula is C48H70N10O14S. The lowest BCUT2D eigenvalue weighted by Gasteiger charge is -2.29. The molecule has 0 spiro atoms. The standard InChI is InChI=1S/C48H70N10O14S/c1-26(2)20-33(43(66)57-37(25-60)47(70)58-18-9-12-38(58)48(71)72)54-44(67)34(21-29-10-7-6-8-11-29)55-45(68)35(22-30-13-15-31(61)16-14-30)56-46(69)36(24-59)52-39(62)23-50-41(64)28(4)51-42(65)32(17-19-73-5)53-40(63)27(3)49/h6-8,10-11,13-16,26-28,32-38,59-61H,9,12,17-25,49H2,1-5H3,(H,50,64)(H,51,65)(H,52,62)(H,53,63)(H,54,67)(H,55,68)(H,56,69)(H,57,66)(H,71,72)/t27-,28-,32-,33-,34-,35-,36-,37-,38-/m0/s1. The van der Waals surface area contributed by atoms with Crippen molar-refractivity contribution in [3.05, 3.63) is 65.7 Å². The third-order valence-electron chi connectivity index (χ3n) is 11.5. The van der Waals surface area contributed by atoms with Gasteiger partial charge < -0.3 is 73.6 Å². The summed E-state index contributed by atoms with van der Waals surface area (Å²) in [5, 5.41) is 59.8. The van der Waals surface area contributed by atoms with Crippen LogP contribution >= 0.6 is 11.8 Å². The Labute approximate surface area is 427 Å². The summed E-state index contributed by atoms with van der Waals surface area (Å²) in [6.45, 7) is 3.86. The number of nitrogens with one attached hydrogen (secondary N) is 8. The van der Waals surface area contributed by atoms with Gasteiger partial charge in [0.1, 0.15) is 54.1 Å². The Morgan fingerprint density at radius 2 is 1.15 bits per heavy atom. The van der Waals surface area contributed by atoms with E-state index < -0.39 is 133 Å². The molecular weight excluding hydrogens is 973 g/mol. The number of hydrogen-bond donors (Lipinski definition) is 13. The van der Waals surface area contributed by atoms with Crippen LogP contribution in [-0.4, -0.2) is 177 Å². The maximum atomic E-state index is 14.3. The quantitative estimate of drug-likeness (QED) is 0.0384. The van der Waals surface area contributed by atoms with Gasteiger partial charge in [0.2, 0.25) is 53.2 Å². The van der Waals surface area contributed by atoms with Gasteiger partial charge in [0.25, 0.3) is 0 Å². The molecule has 9 atom stereocenters. The van der Waals surface area contributed by atoms with Gasteiger partial charge in [0, 0.05) is 19.4 Å². The number of carboxylic acids is 1. The number of thioether (sulfide) groups is 1. The SMILES string of the molecule is CSCC[C@H](NC(=O)[C@H](C)N)C(=O)N[C@@H](C)C(=O)NCC(=O)N[C@@H](CO)C(=O)N[C@@H](Cc1ccc(O)cc1)C(=O)N[C@@H](Cc1ccccc1)C(=O)N[C@@H](CC(C)C)C(=O)N[C@@H](CO)C(=O)N1CCC[C@H]1C(=O)O. The minimum absolute atomic E-state index is 0.0271. The second-order valence-electron chi connectivity index (χ2n) is 18.0. The van der Waals surface area contributed by atoms with E-state index in [1.807, 2.05) is 6.26 Å². The van der Waals surface area contributed by atoms with Gasteiger partial charge in [-0.25, -0.2) is 4.79 Å². The Morgan fingerprint density at radius 3 is 1.68 bits per heavy atom. The molecule has 2 aromatic rings. The lowest BCUT2D eigenvalue weighted by molar-refractivity contribution is -0.150. The molecule has 25 heteroatoms. The van der Waals surface area contributed by atoms with Crippen LogP contribution in [0, 0.1) is 5.92 Å². The molecule has 0 saturated carbocycles. The first-order valence-corrected chi connectivity index (χ1v) is 25.2. The number of aliphatic carboxylic acids is 1. The number of carbonyl (C=O) groups is 10. The maximum Gasteiger partial charge on any atom is 0.326 e. The fourth-order valence-electron chi connectivity index (χ4n) is 7.55. The highest BCUT2D eigenvalue weighted by molar-refractivity contribution is 7.98. The number of carbonyl (C=O) groups excluding carboxylic acids is 9. The molecule has 1 aliphatic rings. The van der Waals surface area contributed by atoms with Crippen molar-refractivity contribution < 1.29 is 68.4 Å². The summed E-state index contributed by atoms with van der Waals surface area (Å²) in [6.07, 6.45) is 2.29. The summed E-state index contributed by atoms with van der Waals surface area (Å²) in [5.74, 6) is -8.54. The van der Waals surface area contributed by atoms with Crippen LogP contribution in [0.1, 0.15) is 64.5 Å². The van der Waals surface area contributed by atoms with E-state index in [0.717, 1.165) is 4.90 Å².